The first kappa shape index (κ1) is 19.0. The lowest BCUT2D eigenvalue weighted by atomic mass is 10.1. The van der Waals surface area contributed by atoms with E-state index in [-0.39, 0.29) is 23.7 Å². The molecule has 0 aliphatic carbocycles. The van der Waals surface area contributed by atoms with Crippen molar-refractivity contribution in [1.82, 2.24) is 10.6 Å². The second-order valence-corrected chi connectivity index (χ2v) is 6.36. The normalized spacial score (nSPS) is 16.6. The van der Waals surface area contributed by atoms with Gasteiger partial charge in [0.05, 0.1) is 13.2 Å². The molecule has 1 aliphatic rings. The number of rotatable bonds is 6. The average molecular weight is 371 g/mol. The summed E-state index contributed by atoms with van der Waals surface area (Å²) in [6.07, 6.45) is 0.381. The molecule has 1 saturated heterocycles. The molecule has 1 fully saturated rings. The van der Waals surface area contributed by atoms with Crippen LogP contribution in [0.1, 0.15) is 22.3 Å². The smallest absolute Gasteiger partial charge is 0.255 e. The van der Waals surface area contributed by atoms with Crippen LogP contribution in [0.4, 0.5) is 10.1 Å². The Balaban J connectivity index is 1.46. The van der Waals surface area contributed by atoms with Crippen molar-refractivity contribution in [3.8, 4) is 0 Å². The second-order valence-electron chi connectivity index (χ2n) is 6.36. The maximum Gasteiger partial charge on any atom is 0.255 e. The minimum absolute atomic E-state index is 0.0355. The predicted molar refractivity (Wildman–Crippen MR) is 99.9 cm³/mol. The summed E-state index contributed by atoms with van der Waals surface area (Å²) < 4.78 is 18.2. The van der Waals surface area contributed by atoms with Crippen LogP contribution < -0.4 is 16.0 Å². The molecule has 2 aromatic rings. The molecular weight excluding hydrogens is 349 g/mol. The van der Waals surface area contributed by atoms with Crippen LogP contribution in [0, 0.1) is 5.82 Å². The number of nitrogens with one attached hydrogen (secondary N) is 3. The van der Waals surface area contributed by atoms with E-state index in [0.717, 1.165) is 12.1 Å². The minimum atomic E-state index is -0.384. The molecule has 6 nitrogen and oxygen atoms in total. The summed E-state index contributed by atoms with van der Waals surface area (Å²) in [7, 11) is 0. The highest BCUT2D eigenvalue weighted by Crippen LogP contribution is 2.12. The zero-order valence-electron chi connectivity index (χ0n) is 14.8. The predicted octanol–water partition coefficient (Wildman–Crippen LogP) is 2.07. The number of benzene rings is 2. The van der Waals surface area contributed by atoms with E-state index in [0.29, 0.717) is 37.4 Å². The van der Waals surface area contributed by atoms with E-state index in [2.05, 4.69) is 16.0 Å². The summed E-state index contributed by atoms with van der Waals surface area (Å²) >= 11 is 0. The van der Waals surface area contributed by atoms with Crippen molar-refractivity contribution in [2.24, 2.45) is 0 Å². The molecule has 1 aliphatic heterocycles. The first-order valence-corrected chi connectivity index (χ1v) is 8.84. The summed E-state index contributed by atoms with van der Waals surface area (Å²) in [5.74, 6) is -0.727. The fourth-order valence-corrected chi connectivity index (χ4v) is 2.76. The maximum atomic E-state index is 12.9. The maximum absolute atomic E-state index is 12.9. The van der Waals surface area contributed by atoms with Crippen molar-refractivity contribution in [3.05, 3.63) is 65.5 Å². The van der Waals surface area contributed by atoms with Crippen molar-refractivity contribution in [1.29, 1.82) is 0 Å². The van der Waals surface area contributed by atoms with Gasteiger partial charge in [-0.15, -0.1) is 0 Å². The lowest BCUT2D eigenvalue weighted by molar-refractivity contribution is -0.122. The average Bonchev–Trinajstić information content (AvgIpc) is 2.69. The number of anilines is 1. The Bertz CT molecular complexity index is 772. The van der Waals surface area contributed by atoms with Gasteiger partial charge in [-0.1, -0.05) is 12.1 Å². The Morgan fingerprint density at radius 1 is 1.11 bits per heavy atom. The van der Waals surface area contributed by atoms with E-state index in [4.69, 9.17) is 4.74 Å². The summed E-state index contributed by atoms with van der Waals surface area (Å²) in [4.78, 5) is 24.1. The van der Waals surface area contributed by atoms with Crippen LogP contribution in [0.5, 0.6) is 0 Å². The fourth-order valence-electron chi connectivity index (χ4n) is 2.76. The van der Waals surface area contributed by atoms with Crippen molar-refractivity contribution in [2.45, 2.75) is 19.0 Å². The Morgan fingerprint density at radius 3 is 2.52 bits per heavy atom. The Kier molecular flexibility index (Phi) is 6.51. The number of ether oxygens (including phenoxy) is 1. The first-order valence-electron chi connectivity index (χ1n) is 8.84. The van der Waals surface area contributed by atoms with Gasteiger partial charge in [0.25, 0.3) is 5.91 Å². The molecule has 0 aromatic heterocycles. The van der Waals surface area contributed by atoms with Crippen molar-refractivity contribution in [2.75, 3.05) is 25.1 Å². The number of hydrogen-bond acceptors (Lipinski definition) is 4. The number of carbonyl (C=O) groups is 2. The molecule has 0 saturated carbocycles. The molecule has 0 radical (unpaired) electrons. The van der Waals surface area contributed by atoms with Crippen LogP contribution >= 0.6 is 0 Å². The molecule has 1 atom stereocenters. The summed E-state index contributed by atoms with van der Waals surface area (Å²) in [6, 6.07) is 12.6. The number of halogens is 1. The van der Waals surface area contributed by atoms with Crippen molar-refractivity contribution >= 4 is 17.5 Å². The van der Waals surface area contributed by atoms with E-state index in [1.54, 1.807) is 12.1 Å². The van der Waals surface area contributed by atoms with Crippen LogP contribution in [0.2, 0.25) is 0 Å². The number of hydrogen-bond donors (Lipinski definition) is 3. The fraction of sp³-hybridized carbons (Fsp3) is 0.300. The van der Waals surface area contributed by atoms with Crippen LogP contribution in [0.3, 0.4) is 0 Å². The van der Waals surface area contributed by atoms with E-state index in [1.165, 1.54) is 24.3 Å². The lowest BCUT2D eigenvalue weighted by Crippen LogP contribution is -2.44. The largest absolute Gasteiger partial charge is 0.378 e. The molecule has 2 amide bonds. The van der Waals surface area contributed by atoms with E-state index >= 15 is 0 Å². The van der Waals surface area contributed by atoms with Gasteiger partial charge in [0, 0.05) is 36.8 Å². The van der Waals surface area contributed by atoms with Crippen LogP contribution in [0.15, 0.2) is 48.5 Å². The van der Waals surface area contributed by atoms with E-state index in [9.17, 15) is 14.0 Å². The highest BCUT2D eigenvalue weighted by molar-refractivity contribution is 6.04. The molecule has 0 spiro atoms. The zero-order valence-corrected chi connectivity index (χ0v) is 14.8. The second kappa shape index (κ2) is 9.25. The molecule has 3 rings (SSSR count). The van der Waals surface area contributed by atoms with Crippen molar-refractivity contribution in [3.63, 3.8) is 0 Å². The van der Waals surface area contributed by atoms with Gasteiger partial charge in [-0.25, -0.2) is 4.39 Å². The highest BCUT2D eigenvalue weighted by atomic mass is 19.1. The van der Waals surface area contributed by atoms with E-state index in [1.807, 2.05) is 12.1 Å². The van der Waals surface area contributed by atoms with Crippen LogP contribution in [-0.2, 0) is 16.1 Å². The summed E-state index contributed by atoms with van der Waals surface area (Å²) in [5.41, 5.74) is 1.94. The molecule has 7 heteroatoms. The third-order valence-electron chi connectivity index (χ3n) is 4.24. The zero-order chi connectivity index (χ0) is 19.1. The highest BCUT2D eigenvalue weighted by Gasteiger charge is 2.16. The first-order chi connectivity index (χ1) is 13.1. The van der Waals surface area contributed by atoms with Gasteiger partial charge < -0.3 is 20.7 Å². The summed E-state index contributed by atoms with van der Waals surface area (Å²) in [5, 5.41) is 8.88. The van der Waals surface area contributed by atoms with Crippen LogP contribution in [0.25, 0.3) is 0 Å². The topological polar surface area (TPSA) is 79.5 Å². The van der Waals surface area contributed by atoms with Crippen LogP contribution in [-0.4, -0.2) is 37.6 Å². The minimum Gasteiger partial charge on any atom is -0.378 e. The molecule has 1 unspecified atom stereocenters. The van der Waals surface area contributed by atoms with Crippen molar-refractivity contribution < 1.29 is 18.7 Å². The third kappa shape index (κ3) is 5.87. The lowest BCUT2D eigenvalue weighted by Gasteiger charge is -2.23. The number of carbonyl (C=O) groups excluding carboxylic acids is 2. The quantitative estimate of drug-likeness (QED) is 0.726. The van der Waals surface area contributed by atoms with Gasteiger partial charge in [-0.05, 0) is 42.0 Å². The van der Waals surface area contributed by atoms with E-state index < -0.39 is 0 Å². The molecule has 142 valence electrons. The number of amides is 2. The van der Waals surface area contributed by atoms with Gasteiger partial charge in [0.15, 0.2) is 0 Å². The molecule has 3 N–H and O–H groups in total. The molecule has 0 bridgehead atoms. The summed E-state index contributed by atoms with van der Waals surface area (Å²) in [6.45, 7) is 2.42. The molecule has 2 aromatic carbocycles. The Labute approximate surface area is 157 Å². The Morgan fingerprint density at radius 2 is 1.85 bits per heavy atom. The molecular formula is C20H22FN3O3. The third-order valence-corrected chi connectivity index (χ3v) is 4.24. The van der Waals surface area contributed by atoms with Gasteiger partial charge in [0.1, 0.15) is 5.82 Å². The van der Waals surface area contributed by atoms with Gasteiger partial charge in [0.2, 0.25) is 5.91 Å². The molecule has 1 heterocycles. The standard InChI is InChI=1S/C20H22FN3O3/c21-16-5-3-15(4-6-16)20(26)24-17-7-1-14(2-8-17)12-23-19(25)11-18-13-27-10-9-22-18/h1-8,18,22H,9-13H2,(H,23,25)(H,24,26). The molecule has 27 heavy (non-hydrogen) atoms. The Hall–Kier alpha value is -2.77. The van der Waals surface area contributed by atoms with Gasteiger partial charge in [-0.2, -0.15) is 0 Å². The van der Waals surface area contributed by atoms with Gasteiger partial charge >= 0.3 is 0 Å². The monoisotopic (exact) mass is 371 g/mol. The SMILES string of the molecule is O=C(CC1COCCN1)NCc1ccc(NC(=O)c2ccc(F)cc2)cc1. The van der Waals surface area contributed by atoms with Gasteiger partial charge in [-0.3, -0.25) is 9.59 Å². The number of morpholine rings is 1.